The van der Waals surface area contributed by atoms with Crippen LogP contribution in [0, 0.1) is 11.8 Å². The highest BCUT2D eigenvalue weighted by Crippen LogP contribution is 2.29. The fraction of sp³-hybridized carbons (Fsp3) is 0.562. The van der Waals surface area contributed by atoms with Crippen LogP contribution < -0.4 is 5.32 Å². The fourth-order valence-electron chi connectivity index (χ4n) is 2.74. The zero-order chi connectivity index (χ0) is 15.2. The first-order valence-corrected chi connectivity index (χ1v) is 7.44. The number of aromatic nitrogens is 1. The highest BCUT2D eigenvalue weighted by Gasteiger charge is 2.28. The van der Waals surface area contributed by atoms with Crippen molar-refractivity contribution in [3.63, 3.8) is 0 Å². The summed E-state index contributed by atoms with van der Waals surface area (Å²) in [5.41, 5.74) is 0.400. The number of rotatable bonds is 4. The Kier molecular flexibility index (Phi) is 5.31. The molecule has 5 nitrogen and oxygen atoms in total. The molecule has 0 aromatic carbocycles. The van der Waals surface area contributed by atoms with Gasteiger partial charge in [-0.3, -0.25) is 9.78 Å². The number of carbonyl (C=O) groups excluding carboxylic acids is 2. The number of pyridine rings is 1. The molecule has 1 aromatic rings. The van der Waals surface area contributed by atoms with Gasteiger partial charge in [0.25, 0.3) is 5.91 Å². The van der Waals surface area contributed by atoms with Crippen molar-refractivity contribution in [1.82, 2.24) is 10.3 Å². The lowest BCUT2D eigenvalue weighted by molar-refractivity contribution is -0.125. The summed E-state index contributed by atoms with van der Waals surface area (Å²) in [6.07, 6.45) is 6.37. The normalized spacial score (nSPS) is 25.1. The van der Waals surface area contributed by atoms with Gasteiger partial charge in [-0.2, -0.15) is 0 Å². The molecule has 0 saturated heterocycles. The van der Waals surface area contributed by atoms with E-state index in [0.29, 0.717) is 17.4 Å². The van der Waals surface area contributed by atoms with Gasteiger partial charge in [-0.05, 0) is 30.4 Å². The molecule has 1 aliphatic carbocycles. The lowest BCUT2D eigenvalue weighted by Gasteiger charge is -2.34. The van der Waals surface area contributed by atoms with E-state index in [-0.39, 0.29) is 18.6 Å². The Morgan fingerprint density at radius 1 is 1.29 bits per heavy atom. The number of hydrogen-bond acceptors (Lipinski definition) is 4. The quantitative estimate of drug-likeness (QED) is 0.863. The molecule has 2 rings (SSSR count). The minimum absolute atomic E-state index is 0.181. The lowest BCUT2D eigenvalue weighted by Crippen LogP contribution is -2.45. The average molecular weight is 290 g/mol. The zero-order valence-electron chi connectivity index (χ0n) is 12.5. The molecule has 5 heteroatoms. The highest BCUT2D eigenvalue weighted by molar-refractivity contribution is 5.91. The summed E-state index contributed by atoms with van der Waals surface area (Å²) in [7, 11) is 0. The summed E-state index contributed by atoms with van der Waals surface area (Å²) < 4.78 is 5.01. The third-order valence-corrected chi connectivity index (χ3v) is 4.30. The van der Waals surface area contributed by atoms with Gasteiger partial charge in [0.1, 0.15) is 0 Å². The Bertz CT molecular complexity index is 490. The summed E-state index contributed by atoms with van der Waals surface area (Å²) in [5, 5.41) is 2.98. The Balaban J connectivity index is 1.78. The third kappa shape index (κ3) is 4.28. The second-order valence-corrected chi connectivity index (χ2v) is 5.75. The Labute approximate surface area is 125 Å². The van der Waals surface area contributed by atoms with Crippen molar-refractivity contribution in [3.05, 3.63) is 30.1 Å². The van der Waals surface area contributed by atoms with Crippen LogP contribution in [0.5, 0.6) is 0 Å². The third-order valence-electron chi connectivity index (χ3n) is 4.30. The van der Waals surface area contributed by atoms with Gasteiger partial charge < -0.3 is 10.1 Å². The van der Waals surface area contributed by atoms with Gasteiger partial charge in [0.05, 0.1) is 5.56 Å². The standard InChI is InChI=1S/C16H22N2O3/c1-11-4-3-5-14(12(11)2)18-15(19)10-21-16(20)13-6-8-17-9-7-13/h6-9,11-12,14H,3-5,10H2,1-2H3,(H,18,19)/t11-,12-,14-/m1/s1. The molecular weight excluding hydrogens is 268 g/mol. The van der Waals surface area contributed by atoms with E-state index >= 15 is 0 Å². The van der Waals surface area contributed by atoms with Gasteiger partial charge >= 0.3 is 5.97 Å². The van der Waals surface area contributed by atoms with E-state index in [1.807, 2.05) is 0 Å². The van der Waals surface area contributed by atoms with Gasteiger partial charge in [-0.15, -0.1) is 0 Å². The number of esters is 1. The molecule has 1 saturated carbocycles. The minimum Gasteiger partial charge on any atom is -0.452 e. The first-order chi connectivity index (χ1) is 10.1. The largest absolute Gasteiger partial charge is 0.452 e. The monoisotopic (exact) mass is 290 g/mol. The number of ether oxygens (including phenoxy) is 1. The molecule has 0 unspecified atom stereocenters. The van der Waals surface area contributed by atoms with Gasteiger partial charge in [0.15, 0.2) is 6.61 Å². The van der Waals surface area contributed by atoms with Crippen LogP contribution in [-0.2, 0) is 9.53 Å². The maximum Gasteiger partial charge on any atom is 0.338 e. The van der Waals surface area contributed by atoms with Crippen molar-refractivity contribution in [3.8, 4) is 0 Å². The summed E-state index contributed by atoms with van der Waals surface area (Å²) in [5.74, 6) is 0.336. The molecule has 1 heterocycles. The molecule has 0 bridgehead atoms. The van der Waals surface area contributed by atoms with Gasteiger partial charge in [0, 0.05) is 18.4 Å². The van der Waals surface area contributed by atoms with Crippen LogP contribution in [0.4, 0.5) is 0 Å². The molecule has 21 heavy (non-hydrogen) atoms. The number of nitrogens with one attached hydrogen (secondary N) is 1. The Morgan fingerprint density at radius 3 is 2.71 bits per heavy atom. The van der Waals surface area contributed by atoms with Crippen LogP contribution in [0.25, 0.3) is 0 Å². The molecule has 3 atom stereocenters. The summed E-state index contributed by atoms with van der Waals surface area (Å²) >= 11 is 0. The van der Waals surface area contributed by atoms with Crippen LogP contribution in [0.3, 0.4) is 0 Å². The van der Waals surface area contributed by atoms with E-state index in [0.717, 1.165) is 12.8 Å². The predicted octanol–water partition coefficient (Wildman–Crippen LogP) is 2.18. The summed E-state index contributed by atoms with van der Waals surface area (Å²) in [6.45, 7) is 4.14. The maximum atomic E-state index is 11.9. The topological polar surface area (TPSA) is 68.3 Å². The number of carbonyl (C=O) groups is 2. The number of amides is 1. The van der Waals surface area contributed by atoms with Crippen LogP contribution in [0.2, 0.25) is 0 Å². The van der Waals surface area contributed by atoms with Crippen molar-refractivity contribution in [2.75, 3.05) is 6.61 Å². The molecule has 0 spiro atoms. The molecule has 0 aliphatic heterocycles. The van der Waals surface area contributed by atoms with Crippen molar-refractivity contribution >= 4 is 11.9 Å². The van der Waals surface area contributed by atoms with Crippen LogP contribution in [0.15, 0.2) is 24.5 Å². The van der Waals surface area contributed by atoms with E-state index < -0.39 is 5.97 Å². The van der Waals surface area contributed by atoms with Crippen molar-refractivity contribution in [1.29, 1.82) is 0 Å². The molecular formula is C16H22N2O3. The van der Waals surface area contributed by atoms with Gasteiger partial charge in [0.2, 0.25) is 0 Å². The fourth-order valence-corrected chi connectivity index (χ4v) is 2.74. The minimum atomic E-state index is -0.502. The van der Waals surface area contributed by atoms with E-state index in [1.54, 1.807) is 12.1 Å². The van der Waals surface area contributed by atoms with Crippen molar-refractivity contribution < 1.29 is 14.3 Å². The zero-order valence-corrected chi connectivity index (χ0v) is 12.5. The molecule has 0 radical (unpaired) electrons. The second kappa shape index (κ2) is 7.20. The predicted molar refractivity (Wildman–Crippen MR) is 78.6 cm³/mol. The maximum absolute atomic E-state index is 11.9. The molecule has 1 aliphatic rings. The molecule has 114 valence electrons. The second-order valence-electron chi connectivity index (χ2n) is 5.75. The van der Waals surface area contributed by atoms with Crippen LogP contribution in [-0.4, -0.2) is 29.5 Å². The molecule has 1 aromatic heterocycles. The smallest absolute Gasteiger partial charge is 0.338 e. The van der Waals surface area contributed by atoms with Gasteiger partial charge in [-0.25, -0.2) is 4.79 Å². The molecule has 1 fully saturated rings. The average Bonchev–Trinajstić information content (AvgIpc) is 2.50. The van der Waals surface area contributed by atoms with E-state index in [1.165, 1.54) is 18.8 Å². The van der Waals surface area contributed by atoms with Crippen molar-refractivity contribution in [2.24, 2.45) is 11.8 Å². The number of nitrogens with zero attached hydrogens (tertiary/aromatic N) is 1. The Hall–Kier alpha value is -1.91. The first kappa shape index (κ1) is 15.5. The van der Waals surface area contributed by atoms with E-state index in [4.69, 9.17) is 4.74 Å². The van der Waals surface area contributed by atoms with Crippen LogP contribution >= 0.6 is 0 Å². The van der Waals surface area contributed by atoms with Crippen LogP contribution in [0.1, 0.15) is 43.5 Å². The highest BCUT2D eigenvalue weighted by atomic mass is 16.5. The number of hydrogen-bond donors (Lipinski definition) is 1. The van der Waals surface area contributed by atoms with E-state index in [2.05, 4.69) is 24.1 Å². The molecule has 1 amide bonds. The lowest BCUT2D eigenvalue weighted by atomic mass is 9.78. The van der Waals surface area contributed by atoms with E-state index in [9.17, 15) is 9.59 Å². The summed E-state index contributed by atoms with van der Waals surface area (Å²) in [6, 6.07) is 3.30. The SMILES string of the molecule is C[C@@H]1[C@H](C)CCC[C@H]1NC(=O)COC(=O)c1ccncc1. The molecule has 1 N–H and O–H groups in total. The van der Waals surface area contributed by atoms with Crippen molar-refractivity contribution in [2.45, 2.75) is 39.2 Å². The Morgan fingerprint density at radius 2 is 2.00 bits per heavy atom. The first-order valence-electron chi connectivity index (χ1n) is 7.44. The summed E-state index contributed by atoms with van der Waals surface area (Å²) in [4.78, 5) is 27.5. The van der Waals surface area contributed by atoms with Gasteiger partial charge in [-0.1, -0.05) is 26.7 Å².